The first kappa shape index (κ1) is 21.9. The second-order valence-corrected chi connectivity index (χ2v) is 10.6. The number of hydrogen-bond acceptors (Lipinski definition) is 8. The number of nitrogens with one attached hydrogen (secondary N) is 2. The standard InChI is InChI=1S/C20H24F3N7S2/c1-11-7-24-12(6-21)9-29(11)14-5-13(32-28-20(2)3-4-20)10-30-15(8-25-17(14)30)18-26-27-19(31-18)16(22)23/h5,8,10-12,16,24,28H,3-4,6-7,9H2,1-2H3/t11-,12-/m0/s1. The Balaban J connectivity index is 1.58. The Kier molecular flexibility index (Phi) is 5.81. The molecule has 0 radical (unpaired) electrons. The summed E-state index contributed by atoms with van der Waals surface area (Å²) in [6.07, 6.45) is 3.16. The number of rotatable bonds is 7. The van der Waals surface area contributed by atoms with E-state index in [9.17, 15) is 13.2 Å². The summed E-state index contributed by atoms with van der Waals surface area (Å²) in [6, 6.07) is 1.96. The first-order chi connectivity index (χ1) is 15.4. The van der Waals surface area contributed by atoms with Crippen LogP contribution in [0.2, 0.25) is 0 Å². The maximum atomic E-state index is 13.4. The number of anilines is 1. The van der Waals surface area contributed by atoms with Crippen molar-refractivity contribution in [1.29, 1.82) is 0 Å². The van der Waals surface area contributed by atoms with Crippen molar-refractivity contribution >= 4 is 34.6 Å². The van der Waals surface area contributed by atoms with Gasteiger partial charge in [-0.2, -0.15) is 0 Å². The number of piperazine rings is 1. The molecule has 1 saturated heterocycles. The molecule has 0 amide bonds. The Hall–Kier alpha value is -1.89. The summed E-state index contributed by atoms with van der Waals surface area (Å²) in [6.45, 7) is 5.00. The van der Waals surface area contributed by atoms with Gasteiger partial charge in [0.05, 0.1) is 17.9 Å². The lowest BCUT2D eigenvalue weighted by atomic mass is 10.1. The molecule has 0 bridgehead atoms. The van der Waals surface area contributed by atoms with Gasteiger partial charge in [0.2, 0.25) is 0 Å². The molecule has 0 aromatic carbocycles. The van der Waals surface area contributed by atoms with Crippen LogP contribution in [0.4, 0.5) is 18.9 Å². The molecule has 32 heavy (non-hydrogen) atoms. The molecule has 172 valence electrons. The van der Waals surface area contributed by atoms with Crippen molar-refractivity contribution in [3.63, 3.8) is 0 Å². The van der Waals surface area contributed by atoms with Crippen LogP contribution in [-0.2, 0) is 0 Å². The van der Waals surface area contributed by atoms with E-state index >= 15 is 0 Å². The van der Waals surface area contributed by atoms with Crippen LogP contribution < -0.4 is 14.9 Å². The van der Waals surface area contributed by atoms with Gasteiger partial charge in [0.25, 0.3) is 6.43 Å². The SMILES string of the molecule is C[C@H]1CN[C@@H](CF)CN1c1cc(SNC2(C)CC2)cn2c(-c3nnc(C(F)F)s3)cnc12. The van der Waals surface area contributed by atoms with Crippen LogP contribution >= 0.6 is 23.3 Å². The van der Waals surface area contributed by atoms with Crippen molar-refractivity contribution in [3.05, 3.63) is 23.5 Å². The Morgan fingerprint density at radius 3 is 2.88 bits per heavy atom. The van der Waals surface area contributed by atoms with Crippen LogP contribution in [0, 0.1) is 0 Å². The highest BCUT2D eigenvalue weighted by atomic mass is 32.2. The van der Waals surface area contributed by atoms with E-state index in [0.29, 0.717) is 29.4 Å². The highest BCUT2D eigenvalue weighted by Gasteiger charge is 2.37. The fourth-order valence-corrected chi connectivity index (χ4v) is 5.34. The highest BCUT2D eigenvalue weighted by Crippen LogP contribution is 2.39. The van der Waals surface area contributed by atoms with E-state index in [2.05, 4.69) is 50.0 Å². The monoisotopic (exact) mass is 483 g/mol. The van der Waals surface area contributed by atoms with E-state index in [4.69, 9.17) is 0 Å². The Morgan fingerprint density at radius 2 is 2.19 bits per heavy atom. The second-order valence-electron chi connectivity index (χ2n) is 8.67. The van der Waals surface area contributed by atoms with Gasteiger partial charge < -0.3 is 10.2 Å². The van der Waals surface area contributed by atoms with Gasteiger partial charge in [-0.3, -0.25) is 9.12 Å². The van der Waals surface area contributed by atoms with E-state index < -0.39 is 13.1 Å². The number of hydrogen-bond donors (Lipinski definition) is 2. The fraction of sp³-hybridized carbons (Fsp3) is 0.550. The molecular weight excluding hydrogens is 459 g/mol. The average Bonchev–Trinajstić information content (AvgIpc) is 3.17. The molecule has 2 atom stereocenters. The van der Waals surface area contributed by atoms with Crippen molar-refractivity contribution in [1.82, 2.24) is 29.6 Å². The van der Waals surface area contributed by atoms with Gasteiger partial charge in [-0.05, 0) is 44.7 Å². The number of alkyl halides is 3. The molecule has 3 aromatic heterocycles. The molecule has 12 heteroatoms. The summed E-state index contributed by atoms with van der Waals surface area (Å²) in [4.78, 5) is 7.73. The third kappa shape index (κ3) is 4.20. The molecule has 0 unspecified atom stereocenters. The third-order valence-electron chi connectivity index (χ3n) is 5.97. The number of imidazole rings is 1. The average molecular weight is 484 g/mol. The topological polar surface area (TPSA) is 70.4 Å². The van der Waals surface area contributed by atoms with Gasteiger partial charge >= 0.3 is 0 Å². The Morgan fingerprint density at radius 1 is 1.38 bits per heavy atom. The largest absolute Gasteiger partial charge is 0.363 e. The number of fused-ring (bicyclic) bond motifs is 1. The van der Waals surface area contributed by atoms with Crippen molar-refractivity contribution in [2.75, 3.05) is 24.7 Å². The lowest BCUT2D eigenvalue weighted by Crippen LogP contribution is -2.56. The molecule has 1 aliphatic heterocycles. The van der Waals surface area contributed by atoms with E-state index in [1.165, 1.54) is 0 Å². The summed E-state index contributed by atoms with van der Waals surface area (Å²) in [5, 5.41) is 10.9. The highest BCUT2D eigenvalue weighted by molar-refractivity contribution is 7.97. The van der Waals surface area contributed by atoms with Crippen LogP contribution in [0.15, 0.2) is 23.4 Å². The summed E-state index contributed by atoms with van der Waals surface area (Å²) < 4.78 is 45.0. The number of aromatic nitrogens is 4. The predicted molar refractivity (Wildman–Crippen MR) is 120 cm³/mol. The zero-order valence-corrected chi connectivity index (χ0v) is 19.3. The maximum Gasteiger partial charge on any atom is 0.291 e. The Bertz CT molecular complexity index is 1110. The summed E-state index contributed by atoms with van der Waals surface area (Å²) in [5.41, 5.74) is 2.30. The smallest absolute Gasteiger partial charge is 0.291 e. The maximum absolute atomic E-state index is 13.4. The van der Waals surface area contributed by atoms with Gasteiger partial charge in [-0.1, -0.05) is 11.3 Å². The minimum absolute atomic E-state index is 0.130. The third-order valence-corrected chi connectivity index (χ3v) is 7.98. The van der Waals surface area contributed by atoms with Gasteiger partial charge in [-0.25, -0.2) is 18.2 Å². The van der Waals surface area contributed by atoms with E-state index in [0.717, 1.165) is 34.8 Å². The van der Waals surface area contributed by atoms with E-state index in [1.54, 1.807) is 18.1 Å². The molecule has 2 fully saturated rings. The van der Waals surface area contributed by atoms with Crippen LogP contribution in [0.5, 0.6) is 0 Å². The molecule has 5 rings (SSSR count). The molecule has 0 spiro atoms. The van der Waals surface area contributed by atoms with E-state index in [-0.39, 0.29) is 22.6 Å². The molecule has 1 aliphatic carbocycles. The van der Waals surface area contributed by atoms with Crippen molar-refractivity contribution in [3.8, 4) is 10.7 Å². The summed E-state index contributed by atoms with van der Waals surface area (Å²) in [7, 11) is 0. The molecule has 2 aliphatic rings. The normalized spacial score (nSPS) is 22.8. The summed E-state index contributed by atoms with van der Waals surface area (Å²) in [5.74, 6) is 0. The van der Waals surface area contributed by atoms with Crippen molar-refractivity contribution < 1.29 is 13.2 Å². The van der Waals surface area contributed by atoms with Gasteiger partial charge in [-0.15, -0.1) is 10.2 Å². The number of nitrogens with zero attached hydrogens (tertiary/aromatic N) is 5. The fourth-order valence-electron chi connectivity index (χ4n) is 3.74. The van der Waals surface area contributed by atoms with Crippen LogP contribution in [-0.4, -0.2) is 57.0 Å². The quantitative estimate of drug-likeness (QED) is 0.491. The minimum atomic E-state index is -2.66. The number of pyridine rings is 1. The lowest BCUT2D eigenvalue weighted by Gasteiger charge is -2.39. The predicted octanol–water partition coefficient (Wildman–Crippen LogP) is 4.08. The van der Waals surface area contributed by atoms with Gasteiger partial charge in [0.1, 0.15) is 12.4 Å². The molecular formula is C20H24F3N7S2. The summed E-state index contributed by atoms with van der Waals surface area (Å²) >= 11 is 2.40. The lowest BCUT2D eigenvalue weighted by molar-refractivity contribution is 0.150. The Labute approximate surface area is 191 Å². The molecule has 3 aromatic rings. The number of halogens is 3. The van der Waals surface area contributed by atoms with Gasteiger partial charge in [0, 0.05) is 35.8 Å². The van der Waals surface area contributed by atoms with Crippen molar-refractivity contribution in [2.24, 2.45) is 0 Å². The second kappa shape index (κ2) is 8.47. The van der Waals surface area contributed by atoms with Gasteiger partial charge in [0.15, 0.2) is 15.7 Å². The first-order valence-corrected chi connectivity index (χ1v) is 12.1. The molecule has 1 saturated carbocycles. The molecule has 4 heterocycles. The van der Waals surface area contributed by atoms with Crippen LogP contribution in [0.1, 0.15) is 38.1 Å². The zero-order chi connectivity index (χ0) is 22.5. The first-order valence-electron chi connectivity index (χ1n) is 10.5. The van der Waals surface area contributed by atoms with Crippen molar-refractivity contribution in [2.45, 2.75) is 55.6 Å². The molecule has 7 nitrogen and oxygen atoms in total. The van der Waals surface area contributed by atoms with E-state index in [1.807, 2.05) is 10.6 Å². The van der Waals surface area contributed by atoms with Crippen LogP contribution in [0.3, 0.4) is 0 Å². The molecule has 2 N–H and O–H groups in total. The van der Waals surface area contributed by atoms with Crippen LogP contribution in [0.25, 0.3) is 16.3 Å². The minimum Gasteiger partial charge on any atom is -0.363 e. The zero-order valence-electron chi connectivity index (χ0n) is 17.7.